The molecule has 0 amide bonds. The summed E-state index contributed by atoms with van der Waals surface area (Å²) in [6.45, 7) is 0.612. The second-order valence-corrected chi connectivity index (χ2v) is 4.09. The van der Waals surface area contributed by atoms with Crippen molar-refractivity contribution in [3.05, 3.63) is 33.8 Å². The highest BCUT2D eigenvalue weighted by atomic mass is 35.5. The Hall–Kier alpha value is -0.770. The number of hydrogen-bond donors (Lipinski definition) is 1. The molecule has 88 valence electrons. The lowest BCUT2D eigenvalue weighted by Gasteiger charge is -2.06. The van der Waals surface area contributed by atoms with E-state index in [0.717, 1.165) is 5.56 Å². The average molecular weight is 262 g/mol. The van der Waals surface area contributed by atoms with Crippen molar-refractivity contribution in [1.82, 2.24) is 0 Å². The highest BCUT2D eigenvalue weighted by molar-refractivity contribution is 6.35. The van der Waals surface area contributed by atoms with Gasteiger partial charge < -0.3 is 10.5 Å². The Balaban J connectivity index is 2.40. The molecular weight excluding hydrogens is 249 g/mol. The Labute approximate surface area is 104 Å². The lowest BCUT2D eigenvalue weighted by atomic mass is 10.2. The number of benzene rings is 1. The van der Waals surface area contributed by atoms with Crippen molar-refractivity contribution in [3.63, 3.8) is 0 Å². The Morgan fingerprint density at radius 3 is 2.75 bits per heavy atom. The molecule has 0 radical (unpaired) electrons. The second-order valence-electron chi connectivity index (χ2n) is 3.24. The van der Waals surface area contributed by atoms with E-state index in [2.05, 4.69) is 0 Å². The Morgan fingerprint density at radius 1 is 1.38 bits per heavy atom. The van der Waals surface area contributed by atoms with Crippen LogP contribution >= 0.6 is 23.2 Å². The predicted molar refractivity (Wildman–Crippen MR) is 64.8 cm³/mol. The van der Waals surface area contributed by atoms with Crippen LogP contribution in [0.3, 0.4) is 0 Å². The molecule has 1 rings (SSSR count). The maximum Gasteiger partial charge on any atom is 0.307 e. The molecule has 16 heavy (non-hydrogen) atoms. The molecule has 0 fully saturated rings. The molecule has 1 aromatic rings. The minimum Gasteiger partial charge on any atom is -0.465 e. The molecule has 0 aliphatic rings. The van der Waals surface area contributed by atoms with E-state index in [4.69, 9.17) is 33.7 Å². The van der Waals surface area contributed by atoms with Crippen LogP contribution in [0, 0.1) is 0 Å². The van der Waals surface area contributed by atoms with Crippen LogP contribution in [0.5, 0.6) is 0 Å². The molecule has 0 saturated carbocycles. The van der Waals surface area contributed by atoms with Crippen molar-refractivity contribution >= 4 is 29.2 Å². The first-order valence-corrected chi connectivity index (χ1v) is 5.68. The topological polar surface area (TPSA) is 52.3 Å². The van der Waals surface area contributed by atoms with Crippen molar-refractivity contribution in [1.29, 1.82) is 0 Å². The molecule has 0 atom stereocenters. The van der Waals surface area contributed by atoms with Crippen LogP contribution in [0.25, 0.3) is 0 Å². The van der Waals surface area contributed by atoms with Gasteiger partial charge in [0.1, 0.15) is 0 Å². The summed E-state index contributed by atoms with van der Waals surface area (Å²) < 4.78 is 4.96. The smallest absolute Gasteiger partial charge is 0.307 e. The van der Waals surface area contributed by atoms with Crippen molar-refractivity contribution in [2.45, 2.75) is 12.8 Å². The van der Waals surface area contributed by atoms with Crippen molar-refractivity contribution in [2.24, 2.45) is 5.73 Å². The maximum atomic E-state index is 11.0. The van der Waals surface area contributed by atoms with Crippen LogP contribution in [0.2, 0.25) is 10.0 Å². The Bertz CT molecular complexity index is 369. The molecule has 5 heteroatoms. The van der Waals surface area contributed by atoms with Gasteiger partial charge >= 0.3 is 5.97 Å². The van der Waals surface area contributed by atoms with Gasteiger partial charge in [-0.3, -0.25) is 4.79 Å². The lowest BCUT2D eigenvalue weighted by Crippen LogP contribution is -2.12. The van der Waals surface area contributed by atoms with Gasteiger partial charge in [0.2, 0.25) is 0 Å². The summed E-state index contributed by atoms with van der Waals surface area (Å²) in [6, 6.07) is 5.24. The van der Waals surface area contributed by atoms with E-state index in [1.807, 2.05) is 6.07 Å². The number of nitrogens with two attached hydrogens (primary N) is 1. The third-order valence-electron chi connectivity index (χ3n) is 2.00. The predicted octanol–water partition coefficient (Wildman–Crippen LogP) is 2.43. The van der Waals surface area contributed by atoms with Gasteiger partial charge in [-0.1, -0.05) is 29.3 Å². The van der Waals surface area contributed by atoms with E-state index in [9.17, 15) is 4.79 Å². The van der Waals surface area contributed by atoms with Crippen LogP contribution < -0.4 is 5.73 Å². The van der Waals surface area contributed by atoms with E-state index in [0.29, 0.717) is 29.6 Å². The summed E-state index contributed by atoms with van der Waals surface area (Å²) in [7, 11) is 0. The quantitative estimate of drug-likeness (QED) is 0.829. The molecule has 1 aromatic carbocycles. The van der Waals surface area contributed by atoms with E-state index in [-0.39, 0.29) is 12.4 Å². The normalized spacial score (nSPS) is 10.2. The third-order valence-corrected chi connectivity index (χ3v) is 2.58. The van der Waals surface area contributed by atoms with Crippen LogP contribution in [0.1, 0.15) is 12.0 Å². The fourth-order valence-electron chi connectivity index (χ4n) is 1.19. The number of ether oxygens (including phenoxy) is 1. The molecule has 2 N–H and O–H groups in total. The van der Waals surface area contributed by atoms with Gasteiger partial charge in [-0.15, -0.1) is 0 Å². The first-order chi connectivity index (χ1) is 7.63. The van der Waals surface area contributed by atoms with Crippen LogP contribution in [0.4, 0.5) is 0 Å². The summed E-state index contributed by atoms with van der Waals surface area (Å²) in [4.78, 5) is 11.0. The molecule has 0 aliphatic carbocycles. The Kier molecular flexibility index (Phi) is 5.60. The van der Waals surface area contributed by atoms with Crippen LogP contribution in [-0.4, -0.2) is 19.1 Å². The molecule has 0 heterocycles. The zero-order valence-electron chi connectivity index (χ0n) is 8.71. The van der Waals surface area contributed by atoms with E-state index in [1.54, 1.807) is 12.1 Å². The van der Waals surface area contributed by atoms with E-state index < -0.39 is 0 Å². The molecule has 0 bridgehead atoms. The van der Waals surface area contributed by atoms with Gasteiger partial charge in [0.25, 0.3) is 0 Å². The largest absolute Gasteiger partial charge is 0.465 e. The number of carbonyl (C=O) groups excluding carboxylic acids is 1. The molecular formula is C11H13Cl2NO2. The average Bonchev–Trinajstić information content (AvgIpc) is 2.22. The number of hydrogen-bond acceptors (Lipinski definition) is 3. The molecule has 0 spiro atoms. The second kappa shape index (κ2) is 6.74. The van der Waals surface area contributed by atoms with E-state index >= 15 is 0 Å². The van der Waals surface area contributed by atoms with Crippen molar-refractivity contribution in [2.75, 3.05) is 13.2 Å². The van der Waals surface area contributed by atoms with Gasteiger partial charge in [-0.05, 0) is 17.7 Å². The summed E-state index contributed by atoms with van der Waals surface area (Å²) in [5.41, 5.74) is 6.13. The molecule has 0 unspecified atom stereocenters. The molecule has 0 saturated heterocycles. The fourth-order valence-corrected chi connectivity index (χ4v) is 1.69. The summed E-state index contributed by atoms with van der Waals surface area (Å²) in [6.07, 6.45) is 0.820. The monoisotopic (exact) mass is 261 g/mol. The number of halogens is 2. The van der Waals surface area contributed by atoms with Gasteiger partial charge in [-0.25, -0.2) is 0 Å². The number of carbonyl (C=O) groups is 1. The zero-order chi connectivity index (χ0) is 12.0. The summed E-state index contributed by atoms with van der Waals surface area (Å²) in [5, 5.41) is 1.18. The summed E-state index contributed by atoms with van der Waals surface area (Å²) >= 11 is 11.7. The third kappa shape index (κ3) is 4.39. The zero-order valence-corrected chi connectivity index (χ0v) is 10.2. The number of rotatable bonds is 5. The van der Waals surface area contributed by atoms with Gasteiger partial charge in [-0.2, -0.15) is 0 Å². The molecule has 0 aromatic heterocycles. The standard InChI is InChI=1S/C11H13Cl2NO2/c12-9-2-1-8(10(13)7-9)4-6-16-11(15)3-5-14/h1-2,7H,3-6,14H2. The summed E-state index contributed by atoms with van der Waals surface area (Å²) in [5.74, 6) is -0.285. The lowest BCUT2D eigenvalue weighted by molar-refractivity contribution is -0.143. The van der Waals surface area contributed by atoms with Crippen molar-refractivity contribution < 1.29 is 9.53 Å². The minimum atomic E-state index is -0.285. The maximum absolute atomic E-state index is 11.0. The van der Waals surface area contributed by atoms with Gasteiger partial charge in [0, 0.05) is 23.0 Å². The van der Waals surface area contributed by atoms with Gasteiger partial charge in [0.05, 0.1) is 13.0 Å². The Morgan fingerprint density at radius 2 is 2.12 bits per heavy atom. The highest BCUT2D eigenvalue weighted by Crippen LogP contribution is 2.21. The molecule has 3 nitrogen and oxygen atoms in total. The minimum absolute atomic E-state index is 0.244. The van der Waals surface area contributed by atoms with Crippen LogP contribution in [-0.2, 0) is 16.0 Å². The van der Waals surface area contributed by atoms with Crippen LogP contribution in [0.15, 0.2) is 18.2 Å². The van der Waals surface area contributed by atoms with Gasteiger partial charge in [0.15, 0.2) is 0 Å². The van der Waals surface area contributed by atoms with E-state index in [1.165, 1.54) is 0 Å². The first-order valence-electron chi connectivity index (χ1n) is 4.93. The number of esters is 1. The first kappa shape index (κ1) is 13.3. The SMILES string of the molecule is NCCC(=O)OCCc1ccc(Cl)cc1Cl. The fraction of sp³-hybridized carbons (Fsp3) is 0.364. The highest BCUT2D eigenvalue weighted by Gasteiger charge is 2.04. The molecule has 0 aliphatic heterocycles. The van der Waals surface area contributed by atoms with Crippen molar-refractivity contribution in [3.8, 4) is 0 Å².